The summed E-state index contributed by atoms with van der Waals surface area (Å²) in [5.74, 6) is 0.184. The molecule has 1 aromatic heterocycles. The number of rotatable bonds is 2. The van der Waals surface area contributed by atoms with Gasteiger partial charge in [-0.15, -0.1) is 0 Å². The summed E-state index contributed by atoms with van der Waals surface area (Å²) in [6.45, 7) is 3.91. The van der Waals surface area contributed by atoms with Crippen LogP contribution in [-0.2, 0) is 7.05 Å². The standard InChI is InChI=1S/C8H10Cl2N2O/c1-4(2)6-5(9)7(8(10)13)12(3)11-6/h4H,1-3H3. The Morgan fingerprint density at radius 1 is 1.54 bits per heavy atom. The Balaban J connectivity index is 3.30. The predicted octanol–water partition coefficient (Wildman–Crippen LogP) is 2.58. The van der Waals surface area contributed by atoms with Crippen LogP contribution in [0.5, 0.6) is 0 Å². The smallest absolute Gasteiger partial charge is 0.272 e. The Bertz CT molecular complexity index is 344. The van der Waals surface area contributed by atoms with Crippen LogP contribution in [-0.4, -0.2) is 15.0 Å². The third-order valence-electron chi connectivity index (χ3n) is 1.75. The van der Waals surface area contributed by atoms with Gasteiger partial charge in [-0.25, -0.2) is 0 Å². The highest BCUT2D eigenvalue weighted by molar-refractivity contribution is 6.68. The Kier molecular flexibility index (Phi) is 2.98. The molecule has 0 saturated carbocycles. The molecular formula is C8H10Cl2N2O. The van der Waals surface area contributed by atoms with Crippen LogP contribution in [0.1, 0.15) is 35.9 Å². The fraction of sp³-hybridized carbons (Fsp3) is 0.500. The molecule has 0 bridgehead atoms. The second-order valence-corrected chi connectivity index (χ2v) is 3.82. The first kappa shape index (κ1) is 10.5. The highest BCUT2D eigenvalue weighted by Gasteiger charge is 2.20. The van der Waals surface area contributed by atoms with E-state index in [4.69, 9.17) is 23.2 Å². The Labute approximate surface area is 86.6 Å². The average molecular weight is 221 g/mol. The van der Waals surface area contributed by atoms with Crippen molar-refractivity contribution < 1.29 is 4.79 Å². The van der Waals surface area contributed by atoms with Gasteiger partial charge in [0.05, 0.1) is 10.7 Å². The fourth-order valence-electron chi connectivity index (χ4n) is 1.10. The van der Waals surface area contributed by atoms with Crippen LogP contribution in [0.3, 0.4) is 0 Å². The number of aromatic nitrogens is 2. The number of nitrogens with zero attached hydrogens (tertiary/aromatic N) is 2. The SMILES string of the molecule is CC(C)c1nn(C)c(C(=O)Cl)c1Cl. The largest absolute Gasteiger partial charge is 0.274 e. The molecule has 0 unspecified atom stereocenters. The second kappa shape index (κ2) is 3.68. The molecule has 0 fully saturated rings. The van der Waals surface area contributed by atoms with Crippen molar-refractivity contribution in [1.29, 1.82) is 0 Å². The lowest BCUT2D eigenvalue weighted by molar-refractivity contribution is 0.107. The van der Waals surface area contributed by atoms with Crippen molar-refractivity contribution in [2.24, 2.45) is 7.05 Å². The van der Waals surface area contributed by atoms with Crippen molar-refractivity contribution in [2.45, 2.75) is 19.8 Å². The molecule has 72 valence electrons. The maximum absolute atomic E-state index is 10.9. The third kappa shape index (κ3) is 1.86. The van der Waals surface area contributed by atoms with Crippen molar-refractivity contribution >= 4 is 28.4 Å². The minimum atomic E-state index is -0.577. The van der Waals surface area contributed by atoms with Crippen LogP contribution in [0.25, 0.3) is 0 Å². The van der Waals surface area contributed by atoms with Crippen molar-refractivity contribution in [3.05, 3.63) is 16.4 Å². The monoisotopic (exact) mass is 220 g/mol. The molecule has 1 aromatic rings. The van der Waals surface area contributed by atoms with Crippen LogP contribution in [0, 0.1) is 0 Å². The summed E-state index contributed by atoms with van der Waals surface area (Å²) in [6.07, 6.45) is 0. The molecule has 0 spiro atoms. The van der Waals surface area contributed by atoms with Crippen molar-refractivity contribution in [3.8, 4) is 0 Å². The molecule has 0 aliphatic rings. The van der Waals surface area contributed by atoms with Gasteiger partial charge >= 0.3 is 0 Å². The van der Waals surface area contributed by atoms with Gasteiger partial charge in [-0.05, 0) is 17.5 Å². The third-order valence-corrected chi connectivity index (χ3v) is 2.30. The number of aryl methyl sites for hydroxylation is 1. The molecule has 3 nitrogen and oxygen atoms in total. The summed E-state index contributed by atoms with van der Waals surface area (Å²) in [6, 6.07) is 0. The van der Waals surface area contributed by atoms with E-state index in [2.05, 4.69) is 5.10 Å². The van der Waals surface area contributed by atoms with Gasteiger partial charge in [0.25, 0.3) is 5.24 Å². The van der Waals surface area contributed by atoms with Gasteiger partial charge in [0.15, 0.2) is 0 Å². The molecule has 13 heavy (non-hydrogen) atoms. The molecule has 0 amide bonds. The van der Waals surface area contributed by atoms with Crippen LogP contribution in [0.4, 0.5) is 0 Å². The maximum Gasteiger partial charge on any atom is 0.272 e. The molecule has 0 saturated heterocycles. The van der Waals surface area contributed by atoms with E-state index in [0.29, 0.717) is 10.7 Å². The van der Waals surface area contributed by atoms with E-state index < -0.39 is 5.24 Å². The topological polar surface area (TPSA) is 34.9 Å². The minimum absolute atomic E-state index is 0.184. The van der Waals surface area contributed by atoms with E-state index >= 15 is 0 Å². The number of halogens is 2. The summed E-state index contributed by atoms with van der Waals surface area (Å²) in [7, 11) is 1.65. The molecule has 0 aliphatic carbocycles. The quantitative estimate of drug-likeness (QED) is 0.719. The maximum atomic E-state index is 10.9. The molecule has 0 atom stereocenters. The lowest BCUT2D eigenvalue weighted by atomic mass is 10.1. The Morgan fingerprint density at radius 2 is 2.08 bits per heavy atom. The second-order valence-electron chi connectivity index (χ2n) is 3.10. The van der Waals surface area contributed by atoms with Crippen LogP contribution >= 0.6 is 23.2 Å². The molecule has 1 heterocycles. The van der Waals surface area contributed by atoms with Gasteiger partial charge in [-0.2, -0.15) is 5.10 Å². The molecule has 0 aliphatic heterocycles. The van der Waals surface area contributed by atoms with Crippen LogP contribution < -0.4 is 0 Å². The molecule has 1 rings (SSSR count). The summed E-state index contributed by atoms with van der Waals surface area (Å²) in [4.78, 5) is 10.9. The highest BCUT2D eigenvalue weighted by atomic mass is 35.5. The van der Waals surface area contributed by atoms with Crippen molar-refractivity contribution in [1.82, 2.24) is 9.78 Å². The lowest BCUT2D eigenvalue weighted by Crippen LogP contribution is -2.01. The summed E-state index contributed by atoms with van der Waals surface area (Å²) in [5.41, 5.74) is 0.959. The van der Waals surface area contributed by atoms with Crippen LogP contribution in [0.15, 0.2) is 0 Å². The van der Waals surface area contributed by atoms with E-state index in [0.717, 1.165) is 0 Å². The predicted molar refractivity (Wildman–Crippen MR) is 52.5 cm³/mol. The number of carbonyl (C=O) groups is 1. The van der Waals surface area contributed by atoms with Gasteiger partial charge in [-0.1, -0.05) is 25.4 Å². The first-order valence-corrected chi connectivity index (χ1v) is 4.63. The molecule has 0 N–H and O–H groups in total. The zero-order valence-electron chi connectivity index (χ0n) is 7.64. The zero-order valence-corrected chi connectivity index (χ0v) is 9.15. The van der Waals surface area contributed by atoms with E-state index in [1.54, 1.807) is 7.05 Å². The lowest BCUT2D eigenvalue weighted by Gasteiger charge is -1.98. The van der Waals surface area contributed by atoms with Gasteiger partial charge < -0.3 is 0 Å². The Morgan fingerprint density at radius 3 is 2.31 bits per heavy atom. The summed E-state index contributed by atoms with van der Waals surface area (Å²) in [5, 5.41) is 3.89. The van der Waals surface area contributed by atoms with E-state index in [-0.39, 0.29) is 11.6 Å². The first-order valence-electron chi connectivity index (χ1n) is 3.87. The number of hydrogen-bond acceptors (Lipinski definition) is 2. The molecule has 0 aromatic carbocycles. The first-order chi connectivity index (χ1) is 5.95. The van der Waals surface area contributed by atoms with E-state index in [1.165, 1.54) is 4.68 Å². The highest BCUT2D eigenvalue weighted by Crippen LogP contribution is 2.27. The fourth-order valence-corrected chi connectivity index (χ4v) is 1.83. The Hall–Kier alpha value is -0.540. The molecule has 0 radical (unpaired) electrons. The van der Waals surface area contributed by atoms with Gasteiger partial charge in [0, 0.05) is 7.05 Å². The summed E-state index contributed by atoms with van der Waals surface area (Å²) >= 11 is 11.3. The average Bonchev–Trinajstić information content (AvgIpc) is 2.26. The number of hydrogen-bond donors (Lipinski definition) is 0. The van der Waals surface area contributed by atoms with Crippen molar-refractivity contribution in [3.63, 3.8) is 0 Å². The normalized spacial score (nSPS) is 10.9. The van der Waals surface area contributed by atoms with Gasteiger partial charge in [-0.3, -0.25) is 9.48 Å². The zero-order chi connectivity index (χ0) is 10.2. The summed E-state index contributed by atoms with van der Waals surface area (Å²) < 4.78 is 1.41. The van der Waals surface area contributed by atoms with E-state index in [1.807, 2.05) is 13.8 Å². The van der Waals surface area contributed by atoms with Gasteiger partial charge in [0.1, 0.15) is 5.69 Å². The van der Waals surface area contributed by atoms with Crippen LogP contribution in [0.2, 0.25) is 5.02 Å². The number of carbonyl (C=O) groups excluding carboxylic acids is 1. The molecule has 5 heteroatoms. The molecular weight excluding hydrogens is 211 g/mol. The van der Waals surface area contributed by atoms with E-state index in [9.17, 15) is 4.79 Å². The van der Waals surface area contributed by atoms with Crippen molar-refractivity contribution in [2.75, 3.05) is 0 Å². The minimum Gasteiger partial charge on any atom is -0.274 e. The van der Waals surface area contributed by atoms with Gasteiger partial charge in [0.2, 0.25) is 0 Å².